The van der Waals surface area contributed by atoms with Crippen LogP contribution in [0.15, 0.2) is 45.6 Å². The van der Waals surface area contributed by atoms with Crippen molar-refractivity contribution in [2.45, 2.75) is 50.1 Å². The van der Waals surface area contributed by atoms with Crippen molar-refractivity contribution in [3.8, 4) is 6.07 Å². The molecule has 37 heavy (non-hydrogen) atoms. The number of hydrogen-bond donors (Lipinski definition) is 0. The van der Waals surface area contributed by atoms with Crippen LogP contribution in [0.3, 0.4) is 0 Å². The maximum absolute atomic E-state index is 13.9. The van der Waals surface area contributed by atoms with Crippen LogP contribution in [0, 0.1) is 18.3 Å². The Morgan fingerprint density at radius 1 is 1.14 bits per heavy atom. The SMILES string of the molecule is Cc1ccc2oc(C3CCN(c4c(C#N)c(=O)n(C)c5ccc(C6(C(F)(F)F)CC6)cc45)CC3)nc2c1. The fraction of sp³-hybridized carbons (Fsp3) is 0.393. The molecule has 0 atom stereocenters. The van der Waals surface area contributed by atoms with E-state index < -0.39 is 17.2 Å². The Morgan fingerprint density at radius 3 is 2.51 bits per heavy atom. The maximum atomic E-state index is 13.9. The summed E-state index contributed by atoms with van der Waals surface area (Å²) in [4.78, 5) is 19.7. The molecule has 6 nitrogen and oxygen atoms in total. The zero-order valence-electron chi connectivity index (χ0n) is 20.5. The number of benzene rings is 2. The molecule has 2 aromatic heterocycles. The Hall–Kier alpha value is -3.80. The quantitative estimate of drug-likeness (QED) is 0.349. The average Bonchev–Trinajstić information content (AvgIpc) is 3.60. The molecule has 9 heteroatoms. The molecule has 1 saturated heterocycles. The van der Waals surface area contributed by atoms with E-state index in [1.54, 1.807) is 19.2 Å². The van der Waals surface area contributed by atoms with Crippen LogP contribution in [0.5, 0.6) is 0 Å². The van der Waals surface area contributed by atoms with Crippen LogP contribution in [-0.2, 0) is 12.5 Å². The summed E-state index contributed by atoms with van der Waals surface area (Å²) in [5, 5.41) is 10.4. The maximum Gasteiger partial charge on any atom is 0.398 e. The number of anilines is 1. The first-order chi connectivity index (χ1) is 17.6. The number of alkyl halides is 3. The van der Waals surface area contributed by atoms with Crippen molar-refractivity contribution in [1.29, 1.82) is 5.26 Å². The van der Waals surface area contributed by atoms with Gasteiger partial charge in [-0.2, -0.15) is 18.4 Å². The molecule has 2 fully saturated rings. The van der Waals surface area contributed by atoms with E-state index in [1.807, 2.05) is 36.1 Å². The second-order valence-electron chi connectivity index (χ2n) is 10.3. The normalized spacial score (nSPS) is 17.9. The monoisotopic (exact) mass is 506 g/mol. The minimum atomic E-state index is -4.35. The molecule has 0 spiro atoms. The van der Waals surface area contributed by atoms with Gasteiger partial charge in [0.25, 0.3) is 5.56 Å². The summed E-state index contributed by atoms with van der Waals surface area (Å²) in [6.45, 7) is 3.04. The van der Waals surface area contributed by atoms with Crippen LogP contribution in [0.2, 0.25) is 0 Å². The molecule has 1 aliphatic carbocycles. The first-order valence-corrected chi connectivity index (χ1v) is 12.4. The van der Waals surface area contributed by atoms with E-state index in [-0.39, 0.29) is 29.9 Å². The number of pyridine rings is 1. The molecule has 0 bridgehead atoms. The predicted molar refractivity (Wildman–Crippen MR) is 134 cm³/mol. The zero-order chi connectivity index (χ0) is 26.1. The van der Waals surface area contributed by atoms with Gasteiger partial charge in [-0.15, -0.1) is 0 Å². The van der Waals surface area contributed by atoms with Crippen LogP contribution in [-0.4, -0.2) is 28.8 Å². The fourth-order valence-electron chi connectivity index (χ4n) is 5.70. The molecule has 0 N–H and O–H groups in total. The summed E-state index contributed by atoms with van der Waals surface area (Å²) < 4.78 is 49.0. The average molecular weight is 507 g/mol. The second kappa shape index (κ2) is 8.10. The van der Waals surface area contributed by atoms with Crippen molar-refractivity contribution >= 4 is 27.7 Å². The number of aryl methyl sites for hydroxylation is 2. The van der Waals surface area contributed by atoms with E-state index >= 15 is 0 Å². The third-order valence-corrected chi connectivity index (χ3v) is 8.05. The molecule has 0 amide bonds. The van der Waals surface area contributed by atoms with E-state index in [1.165, 1.54) is 10.6 Å². The van der Waals surface area contributed by atoms with Crippen molar-refractivity contribution in [3.05, 3.63) is 69.3 Å². The number of nitrogens with zero attached hydrogens (tertiary/aromatic N) is 4. The Labute approximate surface area is 210 Å². The van der Waals surface area contributed by atoms with Gasteiger partial charge in [0.15, 0.2) is 11.5 Å². The highest BCUT2D eigenvalue weighted by Crippen LogP contribution is 2.59. The van der Waals surface area contributed by atoms with E-state index in [0.29, 0.717) is 48.4 Å². The summed E-state index contributed by atoms with van der Waals surface area (Å²) in [5.41, 5.74) is 1.43. The molecule has 3 heterocycles. The van der Waals surface area contributed by atoms with Crippen LogP contribution in [0.25, 0.3) is 22.0 Å². The van der Waals surface area contributed by atoms with Gasteiger partial charge in [0.2, 0.25) is 0 Å². The molecule has 0 radical (unpaired) electrons. The number of rotatable bonds is 3. The lowest BCUT2D eigenvalue weighted by atomic mass is 9.91. The molecule has 0 unspecified atom stereocenters. The third kappa shape index (κ3) is 3.61. The summed E-state index contributed by atoms with van der Waals surface area (Å²) in [6, 6.07) is 12.5. The molecular weight excluding hydrogens is 481 g/mol. The summed E-state index contributed by atoms with van der Waals surface area (Å²) in [5.74, 6) is 0.737. The highest BCUT2D eigenvalue weighted by molar-refractivity contribution is 5.95. The highest BCUT2D eigenvalue weighted by atomic mass is 19.4. The van der Waals surface area contributed by atoms with E-state index in [9.17, 15) is 23.2 Å². The number of nitriles is 1. The van der Waals surface area contributed by atoms with Crippen molar-refractivity contribution in [1.82, 2.24) is 9.55 Å². The third-order valence-electron chi connectivity index (χ3n) is 8.05. The molecule has 2 aromatic carbocycles. The lowest BCUT2D eigenvalue weighted by Crippen LogP contribution is -2.36. The minimum Gasteiger partial charge on any atom is -0.440 e. The largest absolute Gasteiger partial charge is 0.440 e. The molecule has 1 saturated carbocycles. The zero-order valence-corrected chi connectivity index (χ0v) is 20.5. The summed E-state index contributed by atoms with van der Waals surface area (Å²) in [6.07, 6.45) is -2.90. The minimum absolute atomic E-state index is 0.0419. The Morgan fingerprint density at radius 2 is 1.86 bits per heavy atom. The van der Waals surface area contributed by atoms with Crippen LogP contribution < -0.4 is 10.5 Å². The van der Waals surface area contributed by atoms with Gasteiger partial charge >= 0.3 is 6.18 Å². The first-order valence-electron chi connectivity index (χ1n) is 12.4. The summed E-state index contributed by atoms with van der Waals surface area (Å²) >= 11 is 0. The molecule has 4 aromatic rings. The number of piperidine rings is 1. The molecular formula is C28H25F3N4O2. The van der Waals surface area contributed by atoms with Gasteiger partial charge in [-0.25, -0.2) is 4.98 Å². The summed E-state index contributed by atoms with van der Waals surface area (Å²) in [7, 11) is 1.55. The van der Waals surface area contributed by atoms with Crippen molar-refractivity contribution in [3.63, 3.8) is 0 Å². The van der Waals surface area contributed by atoms with Crippen molar-refractivity contribution in [2.75, 3.05) is 18.0 Å². The number of hydrogen-bond acceptors (Lipinski definition) is 5. The van der Waals surface area contributed by atoms with E-state index in [2.05, 4.69) is 4.98 Å². The van der Waals surface area contributed by atoms with Gasteiger partial charge in [0.05, 0.1) is 16.6 Å². The highest BCUT2D eigenvalue weighted by Gasteiger charge is 2.64. The topological polar surface area (TPSA) is 75.1 Å². The first kappa shape index (κ1) is 23.6. The lowest BCUT2D eigenvalue weighted by molar-refractivity contribution is -0.160. The predicted octanol–water partition coefficient (Wildman–Crippen LogP) is 5.84. The van der Waals surface area contributed by atoms with Gasteiger partial charge in [-0.1, -0.05) is 12.1 Å². The van der Waals surface area contributed by atoms with Crippen LogP contribution >= 0.6 is 0 Å². The van der Waals surface area contributed by atoms with Crippen LogP contribution in [0.4, 0.5) is 18.9 Å². The van der Waals surface area contributed by atoms with E-state index in [4.69, 9.17) is 4.42 Å². The molecule has 6 rings (SSSR count). The number of aromatic nitrogens is 2. The molecule has 2 aliphatic rings. The number of halogens is 3. The van der Waals surface area contributed by atoms with Crippen molar-refractivity contribution in [2.24, 2.45) is 7.05 Å². The Kier molecular flexibility index (Phi) is 5.17. The Bertz CT molecular complexity index is 1650. The molecule has 190 valence electrons. The van der Waals surface area contributed by atoms with Gasteiger partial charge in [0.1, 0.15) is 17.1 Å². The standard InChI is InChI=1S/C28H25F3N4O2/c1-16-3-6-23-21(13-16)33-25(37-23)17-7-11-35(12-8-17)24-19-14-18(27(9-10-27)28(29,30)31)4-5-22(19)34(2)26(36)20(24)15-32/h3-6,13-14,17H,7-12H2,1-2H3. The van der Waals surface area contributed by atoms with Gasteiger partial charge in [-0.3, -0.25) is 4.79 Å². The fourth-order valence-corrected chi connectivity index (χ4v) is 5.70. The lowest BCUT2D eigenvalue weighted by Gasteiger charge is -2.34. The molecule has 1 aliphatic heterocycles. The second-order valence-corrected chi connectivity index (χ2v) is 10.3. The van der Waals surface area contributed by atoms with Gasteiger partial charge < -0.3 is 13.9 Å². The Balaban J connectivity index is 1.39. The van der Waals surface area contributed by atoms with Gasteiger partial charge in [0, 0.05) is 31.4 Å². The van der Waals surface area contributed by atoms with Crippen molar-refractivity contribution < 1.29 is 17.6 Å². The smallest absolute Gasteiger partial charge is 0.398 e. The number of oxazole rings is 1. The van der Waals surface area contributed by atoms with E-state index in [0.717, 1.165) is 16.7 Å². The number of fused-ring (bicyclic) bond motifs is 2. The van der Waals surface area contributed by atoms with Crippen LogP contribution in [0.1, 0.15) is 54.2 Å². The van der Waals surface area contributed by atoms with Gasteiger partial charge in [-0.05, 0) is 68.0 Å².